The number of fused-ring (bicyclic) bond motifs is 5. The van der Waals surface area contributed by atoms with Crippen LogP contribution in [0.3, 0.4) is 0 Å². The van der Waals surface area contributed by atoms with E-state index in [1.807, 2.05) is 18.2 Å². The quantitative estimate of drug-likeness (QED) is 0.845. The summed E-state index contributed by atoms with van der Waals surface area (Å²) in [5, 5.41) is 10.9. The minimum Gasteiger partial charge on any atom is -0.497 e. The molecule has 4 aliphatic rings. The highest BCUT2D eigenvalue weighted by molar-refractivity contribution is 5.40. The molecule has 7 atom stereocenters. The molecule has 0 aromatic heterocycles. The van der Waals surface area contributed by atoms with Crippen LogP contribution in [0.15, 0.2) is 42.7 Å². The number of hydrogen-bond donors (Lipinski definition) is 1. The topological polar surface area (TPSA) is 47.9 Å². The second-order valence-electron chi connectivity index (χ2n) is 9.10. The van der Waals surface area contributed by atoms with Crippen LogP contribution < -0.4 is 4.74 Å². The Bertz CT molecular complexity index is 800. The van der Waals surface area contributed by atoms with Crippen molar-refractivity contribution >= 4 is 0 Å². The molecule has 28 heavy (non-hydrogen) atoms. The highest BCUT2D eigenvalue weighted by Gasteiger charge is 2.59. The fourth-order valence-electron chi connectivity index (χ4n) is 6.49. The standard InChI is InChI=1S/C24H30O4/c1-24-11-10-18-17-9-7-16(26-2)13-15(17)6-8-19(18)20(24)14-21(25)23(24)28-22-5-3-4-12-27-22/h3-5,7,9,12-13,18-23,25H,6,8,10-11,14H2,1-2H3/t18-,19-,20+,21+,22?,23+,24+/m1/s1. The van der Waals surface area contributed by atoms with E-state index in [0.717, 1.165) is 31.4 Å². The van der Waals surface area contributed by atoms with Crippen molar-refractivity contribution in [3.63, 3.8) is 0 Å². The number of benzene rings is 1. The van der Waals surface area contributed by atoms with Gasteiger partial charge in [0.1, 0.15) is 5.75 Å². The molecule has 5 rings (SSSR count). The van der Waals surface area contributed by atoms with Gasteiger partial charge in [0.25, 0.3) is 0 Å². The molecule has 1 aromatic carbocycles. The van der Waals surface area contributed by atoms with E-state index in [9.17, 15) is 5.11 Å². The summed E-state index contributed by atoms with van der Waals surface area (Å²) < 4.78 is 17.3. The first-order chi connectivity index (χ1) is 13.6. The van der Waals surface area contributed by atoms with Crippen LogP contribution in [0.5, 0.6) is 5.75 Å². The van der Waals surface area contributed by atoms with E-state index >= 15 is 0 Å². The molecule has 3 aliphatic carbocycles. The van der Waals surface area contributed by atoms with Crippen molar-refractivity contribution in [2.45, 2.75) is 63.4 Å². The van der Waals surface area contributed by atoms with Gasteiger partial charge in [-0.15, -0.1) is 0 Å². The predicted octanol–water partition coefficient (Wildman–Crippen LogP) is 4.33. The first kappa shape index (κ1) is 18.3. The van der Waals surface area contributed by atoms with Gasteiger partial charge in [0, 0.05) is 0 Å². The SMILES string of the molecule is COc1ccc2c(c1)CC[C@@H]1[C@@H]2CC[C@@]2(C)[C@H]1C[C@H](O)[C@@H]2OC1C=CC=CO1. The second kappa shape index (κ2) is 6.93. The Labute approximate surface area is 167 Å². The molecule has 0 radical (unpaired) electrons. The van der Waals surface area contributed by atoms with Crippen molar-refractivity contribution in [2.24, 2.45) is 17.3 Å². The molecule has 4 nitrogen and oxygen atoms in total. The molecule has 2 fully saturated rings. The number of allylic oxidation sites excluding steroid dienone is 2. The van der Waals surface area contributed by atoms with Gasteiger partial charge in [-0.25, -0.2) is 0 Å². The minimum absolute atomic E-state index is 0.00290. The van der Waals surface area contributed by atoms with Gasteiger partial charge in [0.05, 0.1) is 25.6 Å². The molecule has 1 N–H and O–H groups in total. The van der Waals surface area contributed by atoms with E-state index in [4.69, 9.17) is 14.2 Å². The summed E-state index contributed by atoms with van der Waals surface area (Å²) in [5.41, 5.74) is 2.95. The summed E-state index contributed by atoms with van der Waals surface area (Å²) in [6, 6.07) is 6.60. The first-order valence-electron chi connectivity index (χ1n) is 10.6. The van der Waals surface area contributed by atoms with E-state index in [1.165, 1.54) is 17.5 Å². The van der Waals surface area contributed by atoms with E-state index in [1.54, 1.807) is 13.4 Å². The Morgan fingerprint density at radius 3 is 2.89 bits per heavy atom. The number of aryl methyl sites for hydroxylation is 1. The zero-order valence-corrected chi connectivity index (χ0v) is 16.7. The molecule has 0 spiro atoms. The smallest absolute Gasteiger partial charge is 0.219 e. The number of hydrogen-bond acceptors (Lipinski definition) is 4. The number of rotatable bonds is 3. The Morgan fingerprint density at radius 1 is 1.21 bits per heavy atom. The zero-order valence-electron chi connectivity index (χ0n) is 16.7. The molecular weight excluding hydrogens is 352 g/mol. The van der Waals surface area contributed by atoms with Gasteiger partial charge in [-0.1, -0.05) is 19.1 Å². The monoisotopic (exact) mass is 382 g/mol. The number of aliphatic hydroxyl groups is 1. The number of aliphatic hydroxyl groups excluding tert-OH is 1. The molecular formula is C24H30O4. The Balaban J connectivity index is 1.40. The average Bonchev–Trinajstić information content (AvgIpc) is 2.98. The lowest BCUT2D eigenvalue weighted by molar-refractivity contribution is -0.176. The largest absolute Gasteiger partial charge is 0.497 e. The summed E-state index contributed by atoms with van der Waals surface area (Å²) >= 11 is 0. The molecule has 150 valence electrons. The maximum atomic E-state index is 10.9. The second-order valence-corrected chi connectivity index (χ2v) is 9.10. The summed E-state index contributed by atoms with van der Waals surface area (Å²) in [4.78, 5) is 0. The third-order valence-electron chi connectivity index (χ3n) is 7.82. The molecule has 0 bridgehead atoms. The summed E-state index contributed by atoms with van der Waals surface area (Å²) in [7, 11) is 1.74. The van der Waals surface area contributed by atoms with E-state index < -0.39 is 12.4 Å². The van der Waals surface area contributed by atoms with Gasteiger partial charge in [0.2, 0.25) is 6.29 Å². The lowest BCUT2D eigenvalue weighted by Crippen LogP contribution is -2.47. The van der Waals surface area contributed by atoms with Gasteiger partial charge in [0.15, 0.2) is 0 Å². The zero-order chi connectivity index (χ0) is 19.3. The van der Waals surface area contributed by atoms with Crippen molar-refractivity contribution in [3.05, 3.63) is 53.8 Å². The van der Waals surface area contributed by atoms with Crippen LogP contribution in [0.25, 0.3) is 0 Å². The van der Waals surface area contributed by atoms with Crippen molar-refractivity contribution in [1.29, 1.82) is 0 Å². The molecule has 2 saturated carbocycles. The number of methoxy groups -OCH3 is 1. The van der Waals surface area contributed by atoms with Crippen LogP contribution in [0.4, 0.5) is 0 Å². The Kier molecular flexibility index (Phi) is 4.52. The molecule has 1 aromatic rings. The van der Waals surface area contributed by atoms with Gasteiger partial charge in [-0.2, -0.15) is 0 Å². The molecule has 1 heterocycles. The summed E-state index contributed by atoms with van der Waals surface area (Å²) in [6.45, 7) is 2.33. The highest BCUT2D eigenvalue weighted by atomic mass is 16.7. The van der Waals surface area contributed by atoms with Crippen molar-refractivity contribution in [1.82, 2.24) is 0 Å². The van der Waals surface area contributed by atoms with Gasteiger partial charge >= 0.3 is 0 Å². The minimum atomic E-state index is -0.422. The predicted molar refractivity (Wildman–Crippen MR) is 107 cm³/mol. The average molecular weight is 382 g/mol. The Morgan fingerprint density at radius 2 is 2.11 bits per heavy atom. The maximum Gasteiger partial charge on any atom is 0.219 e. The van der Waals surface area contributed by atoms with Crippen LogP contribution in [0, 0.1) is 17.3 Å². The molecule has 0 saturated heterocycles. The van der Waals surface area contributed by atoms with E-state index in [2.05, 4.69) is 25.1 Å². The van der Waals surface area contributed by atoms with Gasteiger partial charge in [-0.05, 0) is 90.7 Å². The third-order valence-corrected chi connectivity index (χ3v) is 7.82. The van der Waals surface area contributed by atoms with Crippen LogP contribution in [-0.2, 0) is 15.9 Å². The molecule has 1 unspecified atom stereocenters. The van der Waals surface area contributed by atoms with Crippen LogP contribution in [0.1, 0.15) is 49.7 Å². The van der Waals surface area contributed by atoms with Crippen LogP contribution in [-0.4, -0.2) is 30.7 Å². The Hall–Kier alpha value is -1.78. The lowest BCUT2D eigenvalue weighted by Gasteiger charge is -2.50. The van der Waals surface area contributed by atoms with Gasteiger partial charge < -0.3 is 19.3 Å². The highest BCUT2D eigenvalue weighted by Crippen LogP contribution is 2.61. The lowest BCUT2D eigenvalue weighted by atomic mass is 9.55. The van der Waals surface area contributed by atoms with Crippen molar-refractivity contribution in [3.8, 4) is 5.75 Å². The molecule has 0 amide bonds. The molecule has 4 heteroatoms. The van der Waals surface area contributed by atoms with E-state index in [0.29, 0.717) is 17.8 Å². The normalized spacial score (nSPS) is 41.0. The van der Waals surface area contributed by atoms with Crippen LogP contribution in [0.2, 0.25) is 0 Å². The van der Waals surface area contributed by atoms with E-state index in [-0.39, 0.29) is 11.5 Å². The van der Waals surface area contributed by atoms with Crippen molar-refractivity contribution < 1.29 is 19.3 Å². The summed E-state index contributed by atoms with van der Waals surface area (Å²) in [6.07, 6.45) is 11.8. The number of ether oxygens (including phenoxy) is 3. The fourth-order valence-corrected chi connectivity index (χ4v) is 6.49. The van der Waals surface area contributed by atoms with Crippen molar-refractivity contribution in [2.75, 3.05) is 7.11 Å². The fraction of sp³-hybridized carbons (Fsp3) is 0.583. The third kappa shape index (κ3) is 2.81. The summed E-state index contributed by atoms with van der Waals surface area (Å²) in [5.74, 6) is 2.65. The first-order valence-corrected chi connectivity index (χ1v) is 10.6. The van der Waals surface area contributed by atoms with Crippen LogP contribution >= 0.6 is 0 Å². The van der Waals surface area contributed by atoms with Gasteiger partial charge in [-0.3, -0.25) is 0 Å². The maximum absolute atomic E-state index is 10.9. The molecule has 1 aliphatic heterocycles.